The molecule has 0 aliphatic rings. The van der Waals surface area contributed by atoms with E-state index in [1.807, 2.05) is 0 Å². The molecular formula is C13H14F2O2S. The molecule has 18 heavy (non-hydrogen) atoms. The highest BCUT2D eigenvalue weighted by molar-refractivity contribution is 7.92. The summed E-state index contributed by atoms with van der Waals surface area (Å²) in [4.78, 5) is -0.401. The summed E-state index contributed by atoms with van der Waals surface area (Å²) in [5.74, 6) is 0. The highest BCUT2D eigenvalue weighted by Gasteiger charge is 2.43. The molecular weight excluding hydrogens is 258 g/mol. The molecule has 0 amide bonds. The van der Waals surface area contributed by atoms with Gasteiger partial charge in [0.1, 0.15) is 0 Å². The Morgan fingerprint density at radius 3 is 2.39 bits per heavy atom. The van der Waals surface area contributed by atoms with Crippen LogP contribution in [0, 0.1) is 0 Å². The Balaban J connectivity index is 3.25. The normalized spacial score (nSPS) is 11.8. The van der Waals surface area contributed by atoms with Gasteiger partial charge in [-0.1, -0.05) is 25.1 Å². The van der Waals surface area contributed by atoms with Crippen LogP contribution in [-0.4, -0.2) is 13.7 Å². The van der Waals surface area contributed by atoms with E-state index in [9.17, 15) is 17.2 Å². The van der Waals surface area contributed by atoms with Gasteiger partial charge in [0.15, 0.2) is 0 Å². The van der Waals surface area contributed by atoms with Crippen LogP contribution < -0.4 is 0 Å². The van der Waals surface area contributed by atoms with E-state index in [0.29, 0.717) is 18.1 Å². The van der Waals surface area contributed by atoms with E-state index in [1.165, 1.54) is 12.1 Å². The molecule has 0 aliphatic heterocycles. The first-order valence-corrected chi connectivity index (χ1v) is 6.90. The fourth-order valence-electron chi connectivity index (χ4n) is 1.14. The van der Waals surface area contributed by atoms with Crippen molar-refractivity contribution in [1.29, 1.82) is 0 Å². The van der Waals surface area contributed by atoms with Gasteiger partial charge in [0.05, 0.1) is 4.90 Å². The zero-order valence-electron chi connectivity index (χ0n) is 10.2. The summed E-state index contributed by atoms with van der Waals surface area (Å²) >= 11 is 0. The molecule has 0 radical (unpaired) electrons. The first-order chi connectivity index (χ1) is 8.31. The van der Waals surface area contributed by atoms with Gasteiger partial charge in [-0.15, -0.1) is 5.73 Å². The molecule has 0 unspecified atom stereocenters. The van der Waals surface area contributed by atoms with Crippen molar-refractivity contribution in [3.05, 3.63) is 47.7 Å². The molecule has 0 saturated carbocycles. The van der Waals surface area contributed by atoms with Crippen LogP contribution in [0.3, 0.4) is 0 Å². The maximum atomic E-state index is 13.7. The Morgan fingerprint density at radius 1 is 1.33 bits per heavy atom. The van der Waals surface area contributed by atoms with Crippen LogP contribution in [0.15, 0.2) is 52.6 Å². The van der Waals surface area contributed by atoms with Gasteiger partial charge in [-0.2, -0.15) is 8.78 Å². The summed E-state index contributed by atoms with van der Waals surface area (Å²) in [6.45, 7) is 3.39. The van der Waals surface area contributed by atoms with Crippen LogP contribution in [0.1, 0.15) is 20.3 Å². The molecule has 0 aliphatic carbocycles. The van der Waals surface area contributed by atoms with E-state index >= 15 is 0 Å². The van der Waals surface area contributed by atoms with Crippen LogP contribution in [0.5, 0.6) is 0 Å². The number of hydrogen-bond donors (Lipinski definition) is 0. The Hall–Kier alpha value is -1.45. The second kappa shape index (κ2) is 5.46. The third-order valence-corrected chi connectivity index (χ3v) is 4.16. The molecule has 0 atom stereocenters. The Kier molecular flexibility index (Phi) is 4.43. The van der Waals surface area contributed by atoms with Crippen molar-refractivity contribution in [3.8, 4) is 0 Å². The molecule has 0 saturated heterocycles. The van der Waals surface area contributed by atoms with Crippen molar-refractivity contribution in [3.63, 3.8) is 0 Å². The number of halogens is 2. The lowest BCUT2D eigenvalue weighted by atomic mass is 10.2. The summed E-state index contributed by atoms with van der Waals surface area (Å²) in [5, 5.41) is -3.95. The van der Waals surface area contributed by atoms with E-state index in [0.717, 1.165) is 12.1 Å². The molecule has 1 aromatic rings. The fourth-order valence-corrected chi connectivity index (χ4v) is 2.19. The Morgan fingerprint density at radius 2 is 1.89 bits per heavy atom. The molecule has 0 N–H and O–H groups in total. The molecule has 98 valence electrons. The minimum atomic E-state index is -4.71. The van der Waals surface area contributed by atoms with Gasteiger partial charge in [-0.3, -0.25) is 0 Å². The minimum absolute atomic E-state index is 0.314. The summed E-state index contributed by atoms with van der Waals surface area (Å²) in [6, 6.07) is 6.66. The smallest absolute Gasteiger partial charge is 0.217 e. The zero-order valence-corrected chi connectivity index (χ0v) is 11.0. The van der Waals surface area contributed by atoms with Gasteiger partial charge >= 0.3 is 5.25 Å². The quantitative estimate of drug-likeness (QED) is 0.785. The molecule has 0 spiro atoms. The largest absolute Gasteiger partial charge is 0.375 e. The lowest BCUT2D eigenvalue weighted by molar-refractivity contribution is 0.147. The molecule has 0 bridgehead atoms. The molecule has 0 fully saturated rings. The maximum Gasteiger partial charge on any atom is 0.375 e. The third kappa shape index (κ3) is 3.06. The molecule has 0 heterocycles. The summed E-state index contributed by atoms with van der Waals surface area (Å²) in [6.07, 6.45) is 0.853. The minimum Gasteiger partial charge on any atom is -0.217 e. The average Bonchev–Trinajstić information content (AvgIpc) is 2.36. The second-order valence-electron chi connectivity index (χ2n) is 3.80. The number of sulfone groups is 1. The monoisotopic (exact) mass is 272 g/mol. The van der Waals surface area contributed by atoms with Gasteiger partial charge in [-0.25, -0.2) is 8.42 Å². The summed E-state index contributed by atoms with van der Waals surface area (Å²) < 4.78 is 50.8. The SMILES string of the molecule is CCC(C)=C=CC(F)(F)S(=O)(=O)c1ccccc1. The second-order valence-corrected chi connectivity index (χ2v) is 5.82. The number of benzene rings is 1. The third-order valence-electron chi connectivity index (χ3n) is 2.43. The lowest BCUT2D eigenvalue weighted by Gasteiger charge is -2.12. The highest BCUT2D eigenvalue weighted by Crippen LogP contribution is 2.30. The Bertz CT molecular complexity index is 568. The van der Waals surface area contributed by atoms with Gasteiger partial charge in [-0.05, 0) is 31.1 Å². The highest BCUT2D eigenvalue weighted by atomic mass is 32.2. The predicted molar refractivity (Wildman–Crippen MR) is 66.1 cm³/mol. The maximum absolute atomic E-state index is 13.7. The first kappa shape index (κ1) is 14.6. The fraction of sp³-hybridized carbons (Fsp3) is 0.308. The molecule has 1 rings (SSSR count). The van der Waals surface area contributed by atoms with Crippen LogP contribution in [0.2, 0.25) is 0 Å². The topological polar surface area (TPSA) is 34.1 Å². The van der Waals surface area contributed by atoms with Crippen molar-refractivity contribution < 1.29 is 17.2 Å². The van der Waals surface area contributed by atoms with Crippen LogP contribution in [0.4, 0.5) is 8.78 Å². The number of hydrogen-bond acceptors (Lipinski definition) is 2. The number of alkyl halides is 2. The van der Waals surface area contributed by atoms with Gasteiger partial charge in [0.25, 0.3) is 0 Å². The van der Waals surface area contributed by atoms with E-state index < -0.39 is 20.0 Å². The van der Waals surface area contributed by atoms with Crippen LogP contribution >= 0.6 is 0 Å². The van der Waals surface area contributed by atoms with Crippen molar-refractivity contribution in [2.24, 2.45) is 0 Å². The standard InChI is InChI=1S/C13H14F2O2S/c1-3-11(2)9-10-13(14,15)18(16,17)12-7-5-4-6-8-12/h4-8,10H,3H2,1-2H3. The molecule has 1 aromatic carbocycles. The molecule has 2 nitrogen and oxygen atoms in total. The Labute approximate surface area is 106 Å². The van der Waals surface area contributed by atoms with Crippen molar-refractivity contribution in [1.82, 2.24) is 0 Å². The zero-order chi connectivity index (χ0) is 13.8. The van der Waals surface area contributed by atoms with Gasteiger partial charge < -0.3 is 0 Å². The van der Waals surface area contributed by atoms with Crippen molar-refractivity contribution in [2.75, 3.05) is 0 Å². The summed E-state index contributed by atoms with van der Waals surface area (Å²) in [5.41, 5.74) is 2.88. The first-order valence-electron chi connectivity index (χ1n) is 5.42. The average molecular weight is 272 g/mol. The van der Waals surface area contributed by atoms with E-state index in [-0.39, 0.29) is 0 Å². The number of rotatable bonds is 4. The van der Waals surface area contributed by atoms with E-state index in [2.05, 4.69) is 5.73 Å². The van der Waals surface area contributed by atoms with E-state index in [1.54, 1.807) is 19.9 Å². The van der Waals surface area contributed by atoms with Gasteiger partial charge in [0, 0.05) is 6.08 Å². The predicted octanol–water partition coefficient (Wildman–Crippen LogP) is 3.56. The molecule has 0 aromatic heterocycles. The van der Waals surface area contributed by atoms with Gasteiger partial charge in [0.2, 0.25) is 9.84 Å². The molecule has 5 heteroatoms. The van der Waals surface area contributed by atoms with Crippen LogP contribution in [0.25, 0.3) is 0 Å². The summed E-state index contributed by atoms with van der Waals surface area (Å²) in [7, 11) is -4.71. The van der Waals surface area contributed by atoms with Crippen molar-refractivity contribution >= 4 is 9.84 Å². The van der Waals surface area contributed by atoms with E-state index in [4.69, 9.17) is 0 Å². The van der Waals surface area contributed by atoms with Crippen molar-refractivity contribution in [2.45, 2.75) is 30.4 Å². The van der Waals surface area contributed by atoms with Crippen LogP contribution in [-0.2, 0) is 9.84 Å². The lowest BCUT2D eigenvalue weighted by Crippen LogP contribution is -2.26.